The average Bonchev–Trinajstić information content (AvgIpc) is 2.95. The number of methoxy groups -OCH3 is 1. The highest BCUT2D eigenvalue weighted by Gasteiger charge is 2.31. The zero-order valence-corrected chi connectivity index (χ0v) is 16.8. The Morgan fingerprint density at radius 2 is 2.03 bits per heavy atom. The van der Waals surface area contributed by atoms with Gasteiger partial charge in [-0.15, -0.1) is 0 Å². The Balaban J connectivity index is 1.77. The highest BCUT2D eigenvalue weighted by Crippen LogP contribution is 2.34. The van der Waals surface area contributed by atoms with Crippen LogP contribution in [0.1, 0.15) is 11.1 Å². The smallest absolute Gasteiger partial charge is 0.266 e. The molecular weight excluding hydrogens is 417 g/mol. The Kier molecular flexibility index (Phi) is 6.50. The molecule has 1 aliphatic rings. The largest absolute Gasteiger partial charge is 0.548 e. The molecule has 2 aromatic carbocycles. The van der Waals surface area contributed by atoms with Crippen molar-refractivity contribution in [1.82, 2.24) is 4.90 Å². The lowest BCUT2D eigenvalue weighted by Gasteiger charge is -2.14. The number of halogens is 1. The molecule has 2 aromatic rings. The van der Waals surface area contributed by atoms with Crippen molar-refractivity contribution in [2.45, 2.75) is 6.61 Å². The van der Waals surface area contributed by atoms with Gasteiger partial charge in [-0.3, -0.25) is 9.69 Å². The number of carboxylic acid groups (broad SMARTS) is 1. The molecule has 0 aromatic heterocycles. The second-order valence-electron chi connectivity index (χ2n) is 5.93. The molecule has 0 bridgehead atoms. The fraction of sp³-hybridized carbons (Fsp3) is 0.150. The summed E-state index contributed by atoms with van der Waals surface area (Å²) in [5.74, 6) is -1.43. The van der Waals surface area contributed by atoms with E-state index in [1.165, 1.54) is 13.2 Å². The first kappa shape index (κ1) is 20.8. The number of rotatable bonds is 7. The normalized spacial score (nSPS) is 15.1. The lowest BCUT2D eigenvalue weighted by molar-refractivity contribution is -0.305. The maximum atomic E-state index is 13.7. The van der Waals surface area contributed by atoms with Crippen LogP contribution in [-0.4, -0.2) is 34.8 Å². The number of ether oxygens (including phenoxy) is 2. The van der Waals surface area contributed by atoms with Crippen molar-refractivity contribution in [2.24, 2.45) is 0 Å². The second-order valence-corrected chi connectivity index (χ2v) is 7.61. The lowest BCUT2D eigenvalue weighted by atomic mass is 10.1. The van der Waals surface area contributed by atoms with Crippen LogP contribution in [-0.2, 0) is 16.2 Å². The van der Waals surface area contributed by atoms with Gasteiger partial charge >= 0.3 is 0 Å². The van der Waals surface area contributed by atoms with E-state index < -0.39 is 18.4 Å². The molecule has 1 amide bonds. The molecular formula is C20H15FNO5S2-. The number of amides is 1. The van der Waals surface area contributed by atoms with E-state index in [1.807, 2.05) is 0 Å². The van der Waals surface area contributed by atoms with Crippen LogP contribution in [0.2, 0.25) is 0 Å². The number of aliphatic carboxylic acids is 1. The minimum atomic E-state index is -1.39. The SMILES string of the molecule is COc1cc(/C=C2/SC(=S)N(CC(=O)[O-])C2=O)ccc1OCc1ccccc1F. The summed E-state index contributed by atoms with van der Waals surface area (Å²) in [6.07, 6.45) is 1.58. The first-order valence-electron chi connectivity index (χ1n) is 8.38. The fourth-order valence-corrected chi connectivity index (χ4v) is 3.84. The van der Waals surface area contributed by atoms with E-state index in [0.29, 0.717) is 27.5 Å². The van der Waals surface area contributed by atoms with Crippen molar-refractivity contribution < 1.29 is 28.6 Å². The van der Waals surface area contributed by atoms with Gasteiger partial charge in [0.1, 0.15) is 16.7 Å². The molecule has 0 spiro atoms. The van der Waals surface area contributed by atoms with Crippen LogP contribution in [0.5, 0.6) is 11.5 Å². The third kappa shape index (κ3) is 4.93. The van der Waals surface area contributed by atoms with Gasteiger partial charge in [0.2, 0.25) is 0 Å². The van der Waals surface area contributed by atoms with Gasteiger partial charge in [-0.25, -0.2) is 4.39 Å². The zero-order valence-electron chi connectivity index (χ0n) is 15.2. The van der Waals surface area contributed by atoms with Crippen molar-refractivity contribution in [3.63, 3.8) is 0 Å². The summed E-state index contributed by atoms with van der Waals surface area (Å²) in [6.45, 7) is -0.557. The van der Waals surface area contributed by atoms with E-state index in [0.717, 1.165) is 16.7 Å². The molecule has 150 valence electrons. The molecule has 0 unspecified atom stereocenters. The number of benzene rings is 2. The topological polar surface area (TPSA) is 78.9 Å². The number of thiocarbonyl (C=S) groups is 1. The Morgan fingerprint density at radius 3 is 2.72 bits per heavy atom. The maximum Gasteiger partial charge on any atom is 0.266 e. The van der Waals surface area contributed by atoms with E-state index in [1.54, 1.807) is 42.5 Å². The molecule has 3 rings (SSSR count). The van der Waals surface area contributed by atoms with Gasteiger partial charge in [0.15, 0.2) is 11.5 Å². The van der Waals surface area contributed by atoms with Crippen LogP contribution < -0.4 is 14.6 Å². The van der Waals surface area contributed by atoms with Gasteiger partial charge in [-0.1, -0.05) is 48.2 Å². The molecule has 0 radical (unpaired) electrons. The Morgan fingerprint density at radius 1 is 1.28 bits per heavy atom. The van der Waals surface area contributed by atoms with Gasteiger partial charge in [0.05, 0.1) is 24.5 Å². The minimum Gasteiger partial charge on any atom is -0.548 e. The van der Waals surface area contributed by atoms with E-state index in [-0.39, 0.29) is 16.7 Å². The number of nitrogens with zero attached hydrogens (tertiary/aromatic N) is 1. The van der Waals surface area contributed by atoms with E-state index >= 15 is 0 Å². The maximum absolute atomic E-state index is 13.7. The van der Waals surface area contributed by atoms with E-state index in [2.05, 4.69) is 0 Å². The number of carbonyl (C=O) groups excluding carboxylic acids is 2. The molecule has 0 saturated carbocycles. The van der Waals surface area contributed by atoms with E-state index in [9.17, 15) is 19.1 Å². The van der Waals surface area contributed by atoms with Crippen molar-refractivity contribution in [2.75, 3.05) is 13.7 Å². The Bertz CT molecular complexity index is 1010. The molecule has 29 heavy (non-hydrogen) atoms. The average molecular weight is 432 g/mol. The summed E-state index contributed by atoms with van der Waals surface area (Å²) in [6, 6.07) is 11.3. The summed E-state index contributed by atoms with van der Waals surface area (Å²) >= 11 is 6.06. The predicted octanol–water partition coefficient (Wildman–Crippen LogP) is 2.36. The first-order chi connectivity index (χ1) is 13.9. The third-order valence-electron chi connectivity index (χ3n) is 3.99. The summed E-state index contributed by atoms with van der Waals surface area (Å²) < 4.78 is 24.9. The molecule has 1 heterocycles. The van der Waals surface area contributed by atoms with Crippen LogP contribution in [0.4, 0.5) is 4.39 Å². The summed E-state index contributed by atoms with van der Waals surface area (Å²) in [5, 5.41) is 10.8. The monoisotopic (exact) mass is 432 g/mol. The standard InChI is InChI=1S/C20H16FNO5S2/c1-26-16-8-12(9-17-19(25)22(10-18(23)24)20(28)29-17)6-7-15(16)27-11-13-4-2-3-5-14(13)21/h2-9H,10-11H2,1H3,(H,23,24)/p-1/b17-9+. The molecule has 1 saturated heterocycles. The number of thioether (sulfide) groups is 1. The lowest BCUT2D eigenvalue weighted by Crippen LogP contribution is -2.40. The zero-order chi connectivity index (χ0) is 21.0. The fourth-order valence-electron chi connectivity index (χ4n) is 2.58. The molecule has 1 aliphatic heterocycles. The minimum absolute atomic E-state index is 0.0320. The number of carbonyl (C=O) groups is 2. The molecule has 9 heteroatoms. The summed E-state index contributed by atoms with van der Waals surface area (Å²) in [4.78, 5) is 24.4. The van der Waals surface area contributed by atoms with E-state index in [4.69, 9.17) is 21.7 Å². The molecule has 0 N–H and O–H groups in total. The van der Waals surface area contributed by atoms with Crippen molar-refractivity contribution in [3.05, 3.63) is 64.3 Å². The van der Waals surface area contributed by atoms with Crippen LogP contribution in [0, 0.1) is 5.82 Å². The first-order valence-corrected chi connectivity index (χ1v) is 9.61. The Hall–Kier alpha value is -2.91. The van der Waals surface area contributed by atoms with Gasteiger partial charge < -0.3 is 19.4 Å². The Labute approximate surface area is 175 Å². The van der Waals surface area contributed by atoms with Crippen LogP contribution in [0.3, 0.4) is 0 Å². The third-order valence-corrected chi connectivity index (χ3v) is 5.37. The van der Waals surface area contributed by atoms with Gasteiger partial charge in [-0.2, -0.15) is 0 Å². The van der Waals surface area contributed by atoms with Crippen molar-refractivity contribution in [3.8, 4) is 11.5 Å². The van der Waals surface area contributed by atoms with Crippen molar-refractivity contribution >= 4 is 46.3 Å². The highest BCUT2D eigenvalue weighted by atomic mass is 32.2. The van der Waals surface area contributed by atoms with Gasteiger partial charge in [0, 0.05) is 5.56 Å². The molecule has 6 nitrogen and oxygen atoms in total. The molecule has 0 aliphatic carbocycles. The quantitative estimate of drug-likeness (QED) is 0.491. The number of carboxylic acids is 1. The van der Waals surface area contributed by atoms with Crippen molar-refractivity contribution in [1.29, 1.82) is 0 Å². The second kappa shape index (κ2) is 9.06. The predicted molar refractivity (Wildman–Crippen MR) is 109 cm³/mol. The number of hydrogen-bond acceptors (Lipinski definition) is 7. The number of hydrogen-bond donors (Lipinski definition) is 0. The van der Waals surface area contributed by atoms with Crippen LogP contribution >= 0.6 is 24.0 Å². The highest BCUT2D eigenvalue weighted by molar-refractivity contribution is 8.26. The van der Waals surface area contributed by atoms with Gasteiger partial charge in [0.25, 0.3) is 5.91 Å². The van der Waals surface area contributed by atoms with Crippen LogP contribution in [0.15, 0.2) is 47.4 Å². The summed E-state index contributed by atoms with van der Waals surface area (Å²) in [7, 11) is 1.47. The van der Waals surface area contributed by atoms with Crippen LogP contribution in [0.25, 0.3) is 6.08 Å². The van der Waals surface area contributed by atoms with Gasteiger partial charge in [-0.05, 0) is 29.8 Å². The summed E-state index contributed by atoms with van der Waals surface area (Å²) in [5.41, 5.74) is 1.05. The molecule has 1 fully saturated rings. The molecule has 0 atom stereocenters.